The number of hydrogen-bond acceptors (Lipinski definition) is 4. The van der Waals surface area contributed by atoms with Gasteiger partial charge in [0, 0.05) is 24.0 Å². The van der Waals surface area contributed by atoms with E-state index in [1.807, 2.05) is 11.3 Å². The Kier molecular flexibility index (Phi) is 5.22. The Labute approximate surface area is 121 Å². The van der Waals surface area contributed by atoms with Crippen molar-refractivity contribution in [2.24, 2.45) is 0 Å². The zero-order chi connectivity index (χ0) is 13.8. The van der Waals surface area contributed by atoms with E-state index >= 15 is 0 Å². The molecular formula is C15H27N3S. The summed E-state index contributed by atoms with van der Waals surface area (Å²) in [6.07, 6.45) is 3.88. The van der Waals surface area contributed by atoms with Gasteiger partial charge in [-0.05, 0) is 31.7 Å². The normalized spacial score (nSPS) is 19.6. The van der Waals surface area contributed by atoms with E-state index in [1.165, 1.54) is 41.5 Å². The molecule has 0 aliphatic carbocycles. The van der Waals surface area contributed by atoms with Crippen LogP contribution in [0, 0.1) is 0 Å². The maximum absolute atomic E-state index is 4.95. The second-order valence-electron chi connectivity index (χ2n) is 5.64. The molecule has 4 heteroatoms. The molecule has 0 aromatic carbocycles. The maximum Gasteiger partial charge on any atom is 0.186 e. The molecule has 1 saturated heterocycles. The summed E-state index contributed by atoms with van der Waals surface area (Å²) in [6, 6.07) is 0.707. The molecule has 3 nitrogen and oxygen atoms in total. The molecule has 2 heterocycles. The minimum atomic E-state index is 0.515. The zero-order valence-electron chi connectivity index (χ0n) is 12.7. The summed E-state index contributed by atoms with van der Waals surface area (Å²) in [6.45, 7) is 12.1. The standard InChI is InChI=1S/C15H27N3S/c1-5-12-8-7-9-18(12)15-17-14(11(3)4)13(19-15)10-16-6-2/h11-12,16H,5-10H2,1-4H3. The monoisotopic (exact) mass is 281 g/mol. The number of hydrogen-bond donors (Lipinski definition) is 1. The third-order valence-electron chi connectivity index (χ3n) is 3.89. The number of rotatable bonds is 6. The smallest absolute Gasteiger partial charge is 0.186 e. The summed E-state index contributed by atoms with van der Waals surface area (Å²) >= 11 is 1.90. The van der Waals surface area contributed by atoms with E-state index in [-0.39, 0.29) is 0 Å². The molecule has 1 fully saturated rings. The van der Waals surface area contributed by atoms with Crippen LogP contribution in [-0.2, 0) is 6.54 Å². The van der Waals surface area contributed by atoms with Gasteiger partial charge in [0.25, 0.3) is 0 Å². The first-order chi connectivity index (χ1) is 9.17. The lowest BCUT2D eigenvalue weighted by Crippen LogP contribution is -2.28. The number of nitrogens with one attached hydrogen (secondary N) is 1. The molecule has 0 radical (unpaired) electrons. The van der Waals surface area contributed by atoms with E-state index in [0.29, 0.717) is 12.0 Å². The Bertz CT molecular complexity index is 400. The van der Waals surface area contributed by atoms with Crippen LogP contribution in [0.4, 0.5) is 5.13 Å². The van der Waals surface area contributed by atoms with Crippen LogP contribution in [0.15, 0.2) is 0 Å². The van der Waals surface area contributed by atoms with Crippen LogP contribution in [0.1, 0.15) is 63.4 Å². The molecule has 1 unspecified atom stereocenters. The van der Waals surface area contributed by atoms with Gasteiger partial charge in [0.15, 0.2) is 5.13 Å². The van der Waals surface area contributed by atoms with E-state index in [4.69, 9.17) is 4.98 Å². The van der Waals surface area contributed by atoms with Gasteiger partial charge >= 0.3 is 0 Å². The lowest BCUT2D eigenvalue weighted by atomic mass is 10.1. The van der Waals surface area contributed by atoms with Gasteiger partial charge in [-0.1, -0.05) is 27.7 Å². The molecular weight excluding hydrogens is 254 g/mol. The lowest BCUT2D eigenvalue weighted by molar-refractivity contribution is 0.642. The van der Waals surface area contributed by atoms with Crippen molar-refractivity contribution >= 4 is 16.5 Å². The largest absolute Gasteiger partial charge is 0.345 e. The van der Waals surface area contributed by atoms with Crippen molar-refractivity contribution in [3.8, 4) is 0 Å². The third kappa shape index (κ3) is 3.29. The molecule has 19 heavy (non-hydrogen) atoms. The molecule has 1 atom stereocenters. The van der Waals surface area contributed by atoms with E-state index in [2.05, 4.69) is 37.9 Å². The van der Waals surface area contributed by atoms with Gasteiger partial charge in [0.05, 0.1) is 5.69 Å². The average Bonchev–Trinajstić information content (AvgIpc) is 3.01. The number of anilines is 1. The van der Waals surface area contributed by atoms with Gasteiger partial charge < -0.3 is 10.2 Å². The molecule has 1 N–H and O–H groups in total. The fourth-order valence-electron chi connectivity index (χ4n) is 2.80. The van der Waals surface area contributed by atoms with Crippen molar-refractivity contribution in [3.05, 3.63) is 10.6 Å². The van der Waals surface area contributed by atoms with Crippen molar-refractivity contribution in [2.75, 3.05) is 18.0 Å². The van der Waals surface area contributed by atoms with Gasteiger partial charge in [0.2, 0.25) is 0 Å². The van der Waals surface area contributed by atoms with E-state index in [1.54, 1.807) is 0 Å². The Balaban J connectivity index is 2.21. The highest BCUT2D eigenvalue weighted by molar-refractivity contribution is 7.15. The lowest BCUT2D eigenvalue weighted by Gasteiger charge is -2.22. The highest BCUT2D eigenvalue weighted by Crippen LogP contribution is 2.35. The van der Waals surface area contributed by atoms with Crippen molar-refractivity contribution in [2.45, 2.75) is 65.5 Å². The van der Waals surface area contributed by atoms with Gasteiger partial charge in [-0.2, -0.15) is 0 Å². The SMILES string of the molecule is CCNCc1sc(N2CCCC2CC)nc1C(C)C. The molecule has 0 saturated carbocycles. The summed E-state index contributed by atoms with van der Waals surface area (Å²) in [5.74, 6) is 0.515. The second kappa shape index (κ2) is 6.71. The van der Waals surface area contributed by atoms with Crippen molar-refractivity contribution < 1.29 is 0 Å². The highest BCUT2D eigenvalue weighted by Gasteiger charge is 2.27. The van der Waals surface area contributed by atoms with Crippen LogP contribution in [0.5, 0.6) is 0 Å². The summed E-state index contributed by atoms with van der Waals surface area (Å²) in [5, 5.41) is 4.69. The van der Waals surface area contributed by atoms with Gasteiger partial charge in [-0.3, -0.25) is 0 Å². The van der Waals surface area contributed by atoms with E-state index < -0.39 is 0 Å². The Hall–Kier alpha value is -0.610. The molecule has 0 bridgehead atoms. The Morgan fingerprint density at radius 3 is 2.84 bits per heavy atom. The molecule has 108 valence electrons. The van der Waals surface area contributed by atoms with Gasteiger partial charge in [-0.25, -0.2) is 4.98 Å². The van der Waals surface area contributed by atoms with Crippen LogP contribution in [0.2, 0.25) is 0 Å². The van der Waals surface area contributed by atoms with Crippen molar-refractivity contribution in [1.82, 2.24) is 10.3 Å². The molecule has 1 aliphatic heterocycles. The number of nitrogens with zero attached hydrogens (tertiary/aromatic N) is 2. The van der Waals surface area contributed by atoms with Crippen molar-refractivity contribution in [1.29, 1.82) is 0 Å². The molecule has 0 amide bonds. The summed E-state index contributed by atoms with van der Waals surface area (Å²) in [7, 11) is 0. The number of thiazole rings is 1. The van der Waals surface area contributed by atoms with E-state index in [9.17, 15) is 0 Å². The quantitative estimate of drug-likeness (QED) is 0.860. The molecule has 1 aromatic rings. The van der Waals surface area contributed by atoms with Crippen LogP contribution in [0.25, 0.3) is 0 Å². The first-order valence-corrected chi connectivity index (χ1v) is 8.45. The van der Waals surface area contributed by atoms with Crippen LogP contribution in [0.3, 0.4) is 0 Å². The first kappa shape index (κ1) is 14.8. The predicted octanol–water partition coefficient (Wildman–Crippen LogP) is 3.75. The third-order valence-corrected chi connectivity index (χ3v) is 5.00. The van der Waals surface area contributed by atoms with Crippen molar-refractivity contribution in [3.63, 3.8) is 0 Å². The second-order valence-corrected chi connectivity index (χ2v) is 6.70. The molecule has 0 spiro atoms. The Morgan fingerprint density at radius 1 is 1.42 bits per heavy atom. The first-order valence-electron chi connectivity index (χ1n) is 7.64. The minimum absolute atomic E-state index is 0.515. The maximum atomic E-state index is 4.95. The van der Waals surface area contributed by atoms with Crippen LogP contribution >= 0.6 is 11.3 Å². The van der Waals surface area contributed by atoms with Gasteiger partial charge in [0.1, 0.15) is 0 Å². The van der Waals surface area contributed by atoms with Crippen LogP contribution in [-0.4, -0.2) is 24.1 Å². The fourth-order valence-corrected chi connectivity index (χ4v) is 4.08. The van der Waals surface area contributed by atoms with Crippen LogP contribution < -0.4 is 10.2 Å². The molecule has 2 rings (SSSR count). The van der Waals surface area contributed by atoms with Gasteiger partial charge in [-0.15, -0.1) is 11.3 Å². The minimum Gasteiger partial charge on any atom is -0.345 e. The number of aromatic nitrogens is 1. The average molecular weight is 281 g/mol. The molecule has 1 aliphatic rings. The molecule has 1 aromatic heterocycles. The summed E-state index contributed by atoms with van der Waals surface area (Å²) < 4.78 is 0. The summed E-state index contributed by atoms with van der Waals surface area (Å²) in [4.78, 5) is 8.91. The fraction of sp³-hybridized carbons (Fsp3) is 0.800. The summed E-state index contributed by atoms with van der Waals surface area (Å²) in [5.41, 5.74) is 1.29. The van der Waals surface area contributed by atoms with E-state index in [0.717, 1.165) is 13.1 Å². The Morgan fingerprint density at radius 2 is 2.21 bits per heavy atom. The highest BCUT2D eigenvalue weighted by atomic mass is 32.1. The predicted molar refractivity (Wildman–Crippen MR) is 84.2 cm³/mol. The zero-order valence-corrected chi connectivity index (χ0v) is 13.5. The topological polar surface area (TPSA) is 28.2 Å².